The minimum atomic E-state index is 0.360. The van der Waals surface area contributed by atoms with E-state index in [2.05, 4.69) is 9.97 Å². The fraction of sp³-hybridized carbons (Fsp3) is 0. The Hall–Kier alpha value is -2.35. The van der Waals surface area contributed by atoms with Crippen molar-refractivity contribution >= 4 is 5.82 Å². The van der Waals surface area contributed by atoms with Crippen molar-refractivity contribution in [2.24, 2.45) is 0 Å². The lowest BCUT2D eigenvalue weighted by Gasteiger charge is -2.01. The summed E-state index contributed by atoms with van der Waals surface area (Å²) in [6.07, 6.45) is 4.91. The van der Waals surface area contributed by atoms with E-state index in [9.17, 15) is 0 Å². The van der Waals surface area contributed by atoms with Crippen LogP contribution >= 0.6 is 0 Å². The van der Waals surface area contributed by atoms with Gasteiger partial charge in [-0.05, 0) is 12.1 Å². The molecule has 0 saturated carbocycles. The van der Waals surface area contributed by atoms with Gasteiger partial charge in [0.2, 0.25) is 5.95 Å². The van der Waals surface area contributed by atoms with Crippen molar-refractivity contribution in [2.45, 2.75) is 0 Å². The van der Waals surface area contributed by atoms with Crippen LogP contribution in [0.15, 0.2) is 30.7 Å². The molecule has 5 nitrogen and oxygen atoms in total. The number of nitrogen functional groups attached to an aromatic ring is 1. The van der Waals surface area contributed by atoms with Gasteiger partial charge in [0.05, 0.1) is 5.56 Å². The van der Waals surface area contributed by atoms with Gasteiger partial charge in [-0.2, -0.15) is 5.26 Å². The van der Waals surface area contributed by atoms with Crippen LogP contribution in [0, 0.1) is 11.3 Å². The second kappa shape index (κ2) is 3.18. The van der Waals surface area contributed by atoms with Crippen molar-refractivity contribution < 1.29 is 0 Å². The van der Waals surface area contributed by atoms with Crippen LogP contribution in [0.1, 0.15) is 5.56 Å². The number of nitrogens with two attached hydrogens (primary N) is 1. The Labute approximate surface area is 80.4 Å². The Morgan fingerprint density at radius 3 is 2.64 bits per heavy atom. The first-order valence-electron chi connectivity index (χ1n) is 3.97. The zero-order valence-corrected chi connectivity index (χ0v) is 7.25. The molecule has 2 aromatic rings. The average molecular weight is 185 g/mol. The van der Waals surface area contributed by atoms with Gasteiger partial charge in [-0.3, -0.25) is 4.57 Å². The lowest BCUT2D eigenvalue weighted by Crippen LogP contribution is -2.03. The molecule has 2 aromatic heterocycles. The maximum Gasteiger partial charge on any atom is 0.235 e. The van der Waals surface area contributed by atoms with Crippen LogP contribution in [0.3, 0.4) is 0 Å². The van der Waals surface area contributed by atoms with Crippen LogP contribution in [0.25, 0.3) is 5.95 Å². The molecular formula is C9H7N5. The third-order valence-corrected chi connectivity index (χ3v) is 1.81. The number of hydrogen-bond acceptors (Lipinski definition) is 4. The van der Waals surface area contributed by atoms with Gasteiger partial charge in [0.15, 0.2) is 0 Å². The molecule has 0 bridgehead atoms. The molecule has 0 aromatic carbocycles. The molecule has 2 rings (SSSR count). The first-order chi connectivity index (χ1) is 6.83. The third-order valence-electron chi connectivity index (χ3n) is 1.81. The predicted molar refractivity (Wildman–Crippen MR) is 50.5 cm³/mol. The lowest BCUT2D eigenvalue weighted by molar-refractivity contribution is 0.944. The first-order valence-corrected chi connectivity index (χ1v) is 3.97. The molecule has 0 aliphatic heterocycles. The van der Waals surface area contributed by atoms with Crippen LogP contribution in [-0.4, -0.2) is 14.5 Å². The van der Waals surface area contributed by atoms with Crippen molar-refractivity contribution in [1.82, 2.24) is 14.5 Å². The summed E-state index contributed by atoms with van der Waals surface area (Å²) in [6.45, 7) is 0. The van der Waals surface area contributed by atoms with Crippen molar-refractivity contribution in [1.29, 1.82) is 5.26 Å². The topological polar surface area (TPSA) is 80.5 Å². The Balaban J connectivity index is 2.54. The third kappa shape index (κ3) is 1.19. The number of nitrogens with zero attached hydrogens (tertiary/aromatic N) is 4. The average Bonchev–Trinajstić information content (AvgIpc) is 2.61. The van der Waals surface area contributed by atoms with Gasteiger partial charge in [-0.15, -0.1) is 0 Å². The smallest absolute Gasteiger partial charge is 0.235 e. The molecule has 2 heterocycles. The fourth-order valence-corrected chi connectivity index (χ4v) is 1.13. The van der Waals surface area contributed by atoms with Crippen LogP contribution in [0.5, 0.6) is 0 Å². The van der Waals surface area contributed by atoms with Gasteiger partial charge >= 0.3 is 0 Å². The summed E-state index contributed by atoms with van der Waals surface area (Å²) in [6, 6.07) is 5.33. The molecule has 0 atom stereocenters. The van der Waals surface area contributed by atoms with Crippen LogP contribution in [-0.2, 0) is 0 Å². The highest BCUT2D eigenvalue weighted by molar-refractivity contribution is 5.52. The molecular weight excluding hydrogens is 178 g/mol. The number of aromatic nitrogens is 3. The lowest BCUT2D eigenvalue weighted by atomic mass is 10.3. The Morgan fingerprint density at radius 1 is 1.36 bits per heavy atom. The second-order valence-corrected chi connectivity index (χ2v) is 2.65. The van der Waals surface area contributed by atoms with E-state index in [0.29, 0.717) is 17.3 Å². The number of hydrogen-bond donors (Lipinski definition) is 1. The van der Waals surface area contributed by atoms with Gasteiger partial charge in [-0.25, -0.2) is 9.97 Å². The second-order valence-electron chi connectivity index (χ2n) is 2.65. The first kappa shape index (κ1) is 8.26. The molecule has 0 fully saturated rings. The minimum absolute atomic E-state index is 0.360. The molecule has 68 valence electrons. The quantitative estimate of drug-likeness (QED) is 0.709. The molecule has 2 N–H and O–H groups in total. The zero-order chi connectivity index (χ0) is 9.97. The van der Waals surface area contributed by atoms with Crippen molar-refractivity contribution in [3.8, 4) is 12.0 Å². The number of nitriles is 1. The highest BCUT2D eigenvalue weighted by atomic mass is 15.2. The monoisotopic (exact) mass is 185 g/mol. The largest absolute Gasteiger partial charge is 0.384 e. The van der Waals surface area contributed by atoms with Crippen molar-refractivity contribution in [3.63, 3.8) is 0 Å². The standard InChI is InChI=1S/C9H7N5/c10-6-7-2-5-14(8(7)11)9-12-3-1-4-13-9/h1-5H,11H2. The van der Waals surface area contributed by atoms with Crippen LogP contribution in [0.4, 0.5) is 5.82 Å². The van der Waals surface area contributed by atoms with E-state index in [4.69, 9.17) is 11.0 Å². The molecule has 0 spiro atoms. The van der Waals surface area contributed by atoms with E-state index in [1.807, 2.05) is 6.07 Å². The molecule has 5 heteroatoms. The van der Waals surface area contributed by atoms with Crippen LogP contribution in [0.2, 0.25) is 0 Å². The van der Waals surface area contributed by atoms with Crippen molar-refractivity contribution in [2.75, 3.05) is 5.73 Å². The van der Waals surface area contributed by atoms with Gasteiger partial charge in [0.1, 0.15) is 11.9 Å². The molecule has 0 radical (unpaired) electrons. The Morgan fingerprint density at radius 2 is 2.07 bits per heavy atom. The Kier molecular flexibility index (Phi) is 1.88. The maximum absolute atomic E-state index is 8.69. The normalized spacial score (nSPS) is 9.64. The fourth-order valence-electron chi connectivity index (χ4n) is 1.13. The zero-order valence-electron chi connectivity index (χ0n) is 7.25. The van der Waals surface area contributed by atoms with Gasteiger partial charge in [0.25, 0.3) is 0 Å². The number of rotatable bonds is 1. The van der Waals surface area contributed by atoms with Crippen molar-refractivity contribution in [3.05, 3.63) is 36.3 Å². The van der Waals surface area contributed by atoms with E-state index >= 15 is 0 Å². The van der Waals surface area contributed by atoms with E-state index in [1.165, 1.54) is 0 Å². The summed E-state index contributed by atoms with van der Waals surface area (Å²) in [5.41, 5.74) is 6.13. The highest BCUT2D eigenvalue weighted by Crippen LogP contribution is 2.14. The summed E-state index contributed by atoms with van der Waals surface area (Å²) in [5, 5.41) is 8.69. The van der Waals surface area contributed by atoms with Gasteiger partial charge < -0.3 is 5.73 Å². The maximum atomic E-state index is 8.69. The molecule has 14 heavy (non-hydrogen) atoms. The van der Waals surface area contributed by atoms with E-state index in [0.717, 1.165) is 0 Å². The summed E-state index contributed by atoms with van der Waals surface area (Å²) in [7, 11) is 0. The summed E-state index contributed by atoms with van der Waals surface area (Å²) in [4.78, 5) is 8.04. The van der Waals surface area contributed by atoms with E-state index < -0.39 is 0 Å². The summed E-state index contributed by atoms with van der Waals surface area (Å²) >= 11 is 0. The molecule has 0 saturated heterocycles. The highest BCUT2D eigenvalue weighted by Gasteiger charge is 2.07. The van der Waals surface area contributed by atoms with Gasteiger partial charge in [-0.1, -0.05) is 0 Å². The predicted octanol–water partition coefficient (Wildman–Crippen LogP) is 0.721. The summed E-state index contributed by atoms with van der Waals surface area (Å²) < 4.78 is 1.57. The molecule has 0 aliphatic carbocycles. The molecule has 0 unspecified atom stereocenters. The SMILES string of the molecule is N#Cc1ccn(-c2ncccn2)c1N. The number of anilines is 1. The summed E-state index contributed by atoms with van der Waals surface area (Å²) in [5.74, 6) is 0.824. The Bertz CT molecular complexity index is 480. The molecule has 0 amide bonds. The molecule has 0 aliphatic rings. The van der Waals surface area contributed by atoms with Crippen LogP contribution < -0.4 is 5.73 Å². The van der Waals surface area contributed by atoms with E-state index in [1.54, 1.807) is 35.3 Å². The van der Waals surface area contributed by atoms with Gasteiger partial charge in [0, 0.05) is 18.6 Å². The minimum Gasteiger partial charge on any atom is -0.384 e. The van der Waals surface area contributed by atoms with E-state index in [-0.39, 0.29) is 0 Å².